The van der Waals surface area contributed by atoms with Crippen LogP contribution in [-0.4, -0.2) is 24.0 Å². The molecule has 1 amide bonds. The van der Waals surface area contributed by atoms with Gasteiger partial charge in [-0.15, -0.1) is 11.3 Å². The van der Waals surface area contributed by atoms with Gasteiger partial charge in [0, 0.05) is 11.4 Å². The van der Waals surface area contributed by atoms with E-state index in [4.69, 9.17) is 0 Å². The minimum absolute atomic E-state index is 0.179. The molecule has 1 atom stereocenters. The number of hydrogen-bond acceptors (Lipinski definition) is 4. The lowest BCUT2D eigenvalue weighted by atomic mass is 9.83. The second-order valence-corrected chi connectivity index (χ2v) is 5.54. The Hall–Kier alpha value is -0.940. The largest absolute Gasteiger partial charge is 0.351 e. The zero-order chi connectivity index (χ0) is 12.3. The summed E-state index contributed by atoms with van der Waals surface area (Å²) in [5.74, 6) is 0.179. The fourth-order valence-electron chi connectivity index (χ4n) is 2.24. The summed E-state index contributed by atoms with van der Waals surface area (Å²) in [6, 6.07) is 0. The SMILES string of the molecule is CCC1(C(=O)NCc2scnc2C)CCNC1. The second-order valence-electron chi connectivity index (χ2n) is 4.60. The van der Waals surface area contributed by atoms with Crippen molar-refractivity contribution < 1.29 is 4.79 Å². The van der Waals surface area contributed by atoms with Crippen LogP contribution in [0.4, 0.5) is 0 Å². The molecule has 1 aromatic heterocycles. The number of thiazole rings is 1. The summed E-state index contributed by atoms with van der Waals surface area (Å²) in [5.41, 5.74) is 2.65. The van der Waals surface area contributed by atoms with Gasteiger partial charge in [-0.25, -0.2) is 4.98 Å². The number of amides is 1. The molecule has 1 aromatic rings. The smallest absolute Gasteiger partial charge is 0.227 e. The molecule has 2 heterocycles. The van der Waals surface area contributed by atoms with Gasteiger partial charge in [0.05, 0.1) is 23.2 Å². The van der Waals surface area contributed by atoms with Crippen LogP contribution in [0, 0.1) is 12.3 Å². The first-order valence-electron chi connectivity index (χ1n) is 6.06. The molecule has 0 saturated carbocycles. The maximum atomic E-state index is 12.2. The predicted octanol–water partition coefficient (Wildman–Crippen LogP) is 1.46. The van der Waals surface area contributed by atoms with E-state index in [0.29, 0.717) is 6.54 Å². The van der Waals surface area contributed by atoms with Crippen molar-refractivity contribution in [1.29, 1.82) is 0 Å². The van der Waals surface area contributed by atoms with E-state index in [0.717, 1.165) is 36.5 Å². The summed E-state index contributed by atoms with van der Waals surface area (Å²) in [6.07, 6.45) is 1.84. The first kappa shape index (κ1) is 12.5. The normalized spacial score (nSPS) is 23.9. The van der Waals surface area contributed by atoms with Gasteiger partial charge in [0.2, 0.25) is 5.91 Å². The maximum absolute atomic E-state index is 12.2. The van der Waals surface area contributed by atoms with Crippen molar-refractivity contribution in [2.24, 2.45) is 5.41 Å². The Morgan fingerprint density at radius 2 is 2.53 bits per heavy atom. The number of nitrogens with one attached hydrogen (secondary N) is 2. The molecule has 94 valence electrons. The van der Waals surface area contributed by atoms with Crippen molar-refractivity contribution in [3.8, 4) is 0 Å². The molecule has 1 aliphatic heterocycles. The molecule has 1 aliphatic rings. The lowest BCUT2D eigenvalue weighted by Gasteiger charge is -2.25. The number of nitrogens with zero attached hydrogens (tertiary/aromatic N) is 1. The Morgan fingerprint density at radius 1 is 1.71 bits per heavy atom. The van der Waals surface area contributed by atoms with Gasteiger partial charge in [-0.05, 0) is 26.3 Å². The van der Waals surface area contributed by atoms with E-state index in [2.05, 4.69) is 22.5 Å². The van der Waals surface area contributed by atoms with Gasteiger partial charge in [-0.2, -0.15) is 0 Å². The summed E-state index contributed by atoms with van der Waals surface area (Å²) >= 11 is 1.60. The molecular weight excluding hydrogens is 234 g/mol. The molecule has 1 fully saturated rings. The topological polar surface area (TPSA) is 54.0 Å². The molecule has 0 aliphatic carbocycles. The van der Waals surface area contributed by atoms with Gasteiger partial charge in [0.25, 0.3) is 0 Å². The van der Waals surface area contributed by atoms with Crippen LogP contribution >= 0.6 is 11.3 Å². The Morgan fingerprint density at radius 3 is 3.06 bits per heavy atom. The van der Waals surface area contributed by atoms with E-state index in [1.54, 1.807) is 11.3 Å². The highest BCUT2D eigenvalue weighted by atomic mass is 32.1. The molecule has 1 saturated heterocycles. The van der Waals surface area contributed by atoms with E-state index in [9.17, 15) is 4.79 Å². The highest BCUT2D eigenvalue weighted by molar-refractivity contribution is 7.09. The zero-order valence-electron chi connectivity index (χ0n) is 10.4. The van der Waals surface area contributed by atoms with E-state index in [-0.39, 0.29) is 11.3 Å². The molecular formula is C12H19N3OS. The van der Waals surface area contributed by atoms with Crippen molar-refractivity contribution in [2.45, 2.75) is 33.2 Å². The number of rotatable bonds is 4. The van der Waals surface area contributed by atoms with Crippen LogP contribution in [0.15, 0.2) is 5.51 Å². The fraction of sp³-hybridized carbons (Fsp3) is 0.667. The standard InChI is InChI=1S/C12H19N3OS/c1-3-12(4-5-13-7-12)11(16)14-6-10-9(2)15-8-17-10/h8,13H,3-7H2,1-2H3,(H,14,16). The zero-order valence-corrected chi connectivity index (χ0v) is 11.2. The van der Waals surface area contributed by atoms with Gasteiger partial charge in [-0.1, -0.05) is 6.92 Å². The molecule has 5 heteroatoms. The number of aryl methyl sites for hydroxylation is 1. The number of aromatic nitrogens is 1. The van der Waals surface area contributed by atoms with Crippen LogP contribution in [0.25, 0.3) is 0 Å². The Balaban J connectivity index is 1.95. The van der Waals surface area contributed by atoms with Crippen LogP contribution in [0.1, 0.15) is 30.3 Å². The number of hydrogen-bond donors (Lipinski definition) is 2. The predicted molar refractivity (Wildman–Crippen MR) is 68.9 cm³/mol. The second kappa shape index (κ2) is 5.14. The Bertz CT molecular complexity index is 396. The molecule has 0 bridgehead atoms. The van der Waals surface area contributed by atoms with E-state index >= 15 is 0 Å². The van der Waals surface area contributed by atoms with Gasteiger partial charge in [0.1, 0.15) is 0 Å². The molecule has 0 spiro atoms. The summed E-state index contributed by atoms with van der Waals surface area (Å²) in [4.78, 5) is 17.6. The van der Waals surface area contributed by atoms with Crippen LogP contribution in [0.2, 0.25) is 0 Å². The lowest BCUT2D eigenvalue weighted by Crippen LogP contribution is -2.41. The fourth-order valence-corrected chi connectivity index (χ4v) is 2.96. The number of carbonyl (C=O) groups is 1. The van der Waals surface area contributed by atoms with E-state index in [1.165, 1.54) is 0 Å². The van der Waals surface area contributed by atoms with Crippen LogP contribution in [0.3, 0.4) is 0 Å². The highest BCUT2D eigenvalue weighted by Gasteiger charge is 2.39. The van der Waals surface area contributed by atoms with E-state index < -0.39 is 0 Å². The average Bonchev–Trinajstić information content (AvgIpc) is 2.95. The van der Waals surface area contributed by atoms with Crippen molar-refractivity contribution in [3.05, 3.63) is 16.1 Å². The molecule has 0 aromatic carbocycles. The summed E-state index contributed by atoms with van der Waals surface area (Å²) in [6.45, 7) is 6.42. The monoisotopic (exact) mass is 253 g/mol. The lowest BCUT2D eigenvalue weighted by molar-refractivity contribution is -0.130. The third-order valence-electron chi connectivity index (χ3n) is 3.66. The maximum Gasteiger partial charge on any atom is 0.227 e. The minimum Gasteiger partial charge on any atom is -0.351 e. The molecule has 0 radical (unpaired) electrons. The van der Waals surface area contributed by atoms with Gasteiger partial charge >= 0.3 is 0 Å². The molecule has 17 heavy (non-hydrogen) atoms. The van der Waals surface area contributed by atoms with Gasteiger partial charge in [0.15, 0.2) is 0 Å². The minimum atomic E-state index is -0.196. The summed E-state index contributed by atoms with van der Waals surface area (Å²) < 4.78 is 0. The third-order valence-corrected chi connectivity index (χ3v) is 4.59. The van der Waals surface area contributed by atoms with Gasteiger partial charge in [-0.3, -0.25) is 4.79 Å². The van der Waals surface area contributed by atoms with Crippen molar-refractivity contribution >= 4 is 17.2 Å². The van der Waals surface area contributed by atoms with Gasteiger partial charge < -0.3 is 10.6 Å². The van der Waals surface area contributed by atoms with Crippen LogP contribution in [0.5, 0.6) is 0 Å². The highest BCUT2D eigenvalue weighted by Crippen LogP contribution is 2.29. The molecule has 2 N–H and O–H groups in total. The number of carbonyl (C=O) groups excluding carboxylic acids is 1. The van der Waals surface area contributed by atoms with Crippen molar-refractivity contribution in [1.82, 2.24) is 15.6 Å². The Labute approximate surface area is 106 Å². The average molecular weight is 253 g/mol. The van der Waals surface area contributed by atoms with Crippen molar-refractivity contribution in [2.75, 3.05) is 13.1 Å². The molecule has 1 unspecified atom stereocenters. The Kier molecular flexibility index (Phi) is 3.79. The van der Waals surface area contributed by atoms with Crippen LogP contribution < -0.4 is 10.6 Å². The third kappa shape index (κ3) is 2.50. The quantitative estimate of drug-likeness (QED) is 0.854. The van der Waals surface area contributed by atoms with E-state index in [1.807, 2.05) is 12.4 Å². The summed E-state index contributed by atoms with van der Waals surface area (Å²) in [7, 11) is 0. The summed E-state index contributed by atoms with van der Waals surface area (Å²) in [5, 5.41) is 6.33. The van der Waals surface area contributed by atoms with Crippen molar-refractivity contribution in [3.63, 3.8) is 0 Å². The first-order chi connectivity index (χ1) is 8.18. The first-order valence-corrected chi connectivity index (χ1v) is 6.94. The molecule has 4 nitrogen and oxygen atoms in total. The molecule has 2 rings (SSSR count). The van der Waals surface area contributed by atoms with Crippen LogP contribution in [-0.2, 0) is 11.3 Å².